The first kappa shape index (κ1) is 20.8. The first-order chi connectivity index (χ1) is 14.5. The van der Waals surface area contributed by atoms with E-state index in [2.05, 4.69) is 16.8 Å². The molecule has 0 spiro atoms. The smallest absolute Gasteiger partial charge is 0.228 e. The van der Waals surface area contributed by atoms with Gasteiger partial charge in [0, 0.05) is 44.8 Å². The van der Waals surface area contributed by atoms with E-state index >= 15 is 0 Å². The molecule has 0 aliphatic carbocycles. The highest BCUT2D eigenvalue weighted by Gasteiger charge is 2.23. The fourth-order valence-corrected chi connectivity index (χ4v) is 4.11. The van der Waals surface area contributed by atoms with E-state index in [9.17, 15) is 9.18 Å². The van der Waals surface area contributed by atoms with Gasteiger partial charge in [-0.1, -0.05) is 12.1 Å². The minimum absolute atomic E-state index is 0.123. The van der Waals surface area contributed by atoms with Gasteiger partial charge in [-0.15, -0.1) is 0 Å². The van der Waals surface area contributed by atoms with Crippen molar-refractivity contribution >= 4 is 11.7 Å². The summed E-state index contributed by atoms with van der Waals surface area (Å²) in [7, 11) is 2.08. The van der Waals surface area contributed by atoms with Gasteiger partial charge in [-0.3, -0.25) is 4.79 Å². The largest absolute Gasteiger partial charge is 0.378 e. The molecule has 30 heavy (non-hydrogen) atoms. The van der Waals surface area contributed by atoms with Crippen molar-refractivity contribution in [3.63, 3.8) is 0 Å². The number of rotatable bonds is 4. The van der Waals surface area contributed by atoms with Gasteiger partial charge in [0.15, 0.2) is 0 Å². The molecule has 2 aromatic rings. The summed E-state index contributed by atoms with van der Waals surface area (Å²) in [5, 5.41) is 0. The molecule has 2 aliphatic heterocycles. The van der Waals surface area contributed by atoms with Crippen LogP contribution in [0.5, 0.6) is 0 Å². The molecule has 0 saturated carbocycles. The zero-order chi connectivity index (χ0) is 21.1. The third kappa shape index (κ3) is 4.63. The van der Waals surface area contributed by atoms with E-state index in [0.29, 0.717) is 19.6 Å². The summed E-state index contributed by atoms with van der Waals surface area (Å²) in [6.07, 6.45) is 0.297. The van der Waals surface area contributed by atoms with Gasteiger partial charge in [-0.2, -0.15) is 0 Å². The number of halogens is 1. The van der Waals surface area contributed by atoms with Gasteiger partial charge in [0.05, 0.1) is 25.3 Å². The molecule has 2 fully saturated rings. The number of hydrogen-bond donors (Lipinski definition) is 0. The van der Waals surface area contributed by atoms with E-state index < -0.39 is 0 Å². The lowest BCUT2D eigenvalue weighted by Gasteiger charge is -2.33. The summed E-state index contributed by atoms with van der Waals surface area (Å²) in [5.74, 6) is 0.718. The Morgan fingerprint density at radius 2 is 1.73 bits per heavy atom. The molecule has 0 radical (unpaired) electrons. The molecule has 1 aromatic carbocycles. The predicted molar refractivity (Wildman–Crippen MR) is 115 cm³/mol. The second-order valence-corrected chi connectivity index (χ2v) is 8.10. The molecule has 1 amide bonds. The minimum atomic E-state index is -0.258. The normalized spacial score (nSPS) is 18.0. The molecule has 0 N–H and O–H groups in total. The number of carbonyl (C=O) groups excluding carboxylic acids is 1. The monoisotopic (exact) mass is 412 g/mol. The summed E-state index contributed by atoms with van der Waals surface area (Å²) in [4.78, 5) is 24.2. The lowest BCUT2D eigenvalue weighted by molar-refractivity contribution is -0.132. The zero-order valence-corrected chi connectivity index (χ0v) is 17.7. The van der Waals surface area contributed by atoms with Crippen molar-refractivity contribution in [2.75, 3.05) is 64.4 Å². The number of ether oxygens (including phenoxy) is 1. The maximum absolute atomic E-state index is 13.5. The SMILES string of the molecule is Cc1cc(CC(=O)N2CCN(C)CC2)nc(N2CCOCC2)c1-c1ccc(F)cc1. The number of nitrogens with zero attached hydrogens (tertiary/aromatic N) is 4. The highest BCUT2D eigenvalue weighted by Crippen LogP contribution is 2.34. The first-order valence-electron chi connectivity index (χ1n) is 10.6. The summed E-state index contributed by atoms with van der Waals surface area (Å²) in [6, 6.07) is 8.53. The molecule has 0 atom stereocenters. The Balaban J connectivity index is 1.64. The van der Waals surface area contributed by atoms with Gasteiger partial charge in [0.2, 0.25) is 5.91 Å². The maximum atomic E-state index is 13.5. The van der Waals surface area contributed by atoms with Gasteiger partial charge >= 0.3 is 0 Å². The van der Waals surface area contributed by atoms with Gasteiger partial charge in [0.25, 0.3) is 0 Å². The fourth-order valence-electron chi connectivity index (χ4n) is 4.11. The second kappa shape index (κ2) is 9.10. The van der Waals surface area contributed by atoms with Crippen molar-refractivity contribution in [3.8, 4) is 11.1 Å². The van der Waals surface area contributed by atoms with Crippen LogP contribution >= 0.6 is 0 Å². The van der Waals surface area contributed by atoms with E-state index in [1.807, 2.05) is 17.9 Å². The number of morpholine rings is 1. The number of carbonyl (C=O) groups is 1. The highest BCUT2D eigenvalue weighted by atomic mass is 19.1. The van der Waals surface area contributed by atoms with Crippen molar-refractivity contribution in [1.82, 2.24) is 14.8 Å². The predicted octanol–water partition coefficient (Wildman–Crippen LogP) is 2.35. The van der Waals surface area contributed by atoms with E-state index in [1.54, 1.807) is 12.1 Å². The summed E-state index contributed by atoms with van der Waals surface area (Å²) >= 11 is 0. The summed E-state index contributed by atoms with van der Waals surface area (Å²) in [5.41, 5.74) is 3.75. The Labute approximate surface area is 177 Å². The molecule has 0 bridgehead atoms. The van der Waals surface area contributed by atoms with Gasteiger partial charge in [-0.25, -0.2) is 9.37 Å². The van der Waals surface area contributed by atoms with Crippen molar-refractivity contribution in [3.05, 3.63) is 47.4 Å². The van der Waals surface area contributed by atoms with Crippen LogP contribution in [0.3, 0.4) is 0 Å². The maximum Gasteiger partial charge on any atom is 0.228 e. The molecule has 0 unspecified atom stereocenters. The number of pyridine rings is 1. The van der Waals surface area contributed by atoms with Crippen LogP contribution in [0.25, 0.3) is 11.1 Å². The van der Waals surface area contributed by atoms with Crippen LogP contribution in [0.15, 0.2) is 30.3 Å². The summed E-state index contributed by atoms with van der Waals surface area (Å²) < 4.78 is 19.0. The highest BCUT2D eigenvalue weighted by molar-refractivity contribution is 5.82. The van der Waals surface area contributed by atoms with Crippen molar-refractivity contribution < 1.29 is 13.9 Å². The molecule has 6 nitrogen and oxygen atoms in total. The Morgan fingerprint density at radius 3 is 2.40 bits per heavy atom. The number of aryl methyl sites for hydroxylation is 1. The quantitative estimate of drug-likeness (QED) is 0.772. The molecule has 1 aromatic heterocycles. The van der Waals surface area contributed by atoms with Crippen molar-refractivity contribution in [2.24, 2.45) is 0 Å². The summed E-state index contributed by atoms with van der Waals surface area (Å²) in [6.45, 7) is 8.15. The zero-order valence-electron chi connectivity index (χ0n) is 17.7. The Bertz CT molecular complexity index is 889. The van der Waals surface area contributed by atoms with Crippen LogP contribution in [0.4, 0.5) is 10.2 Å². The number of piperazine rings is 1. The number of benzene rings is 1. The molecular weight excluding hydrogens is 383 g/mol. The van der Waals surface area contributed by atoms with Gasteiger partial charge in [-0.05, 0) is 43.3 Å². The van der Waals surface area contributed by atoms with E-state index in [1.165, 1.54) is 12.1 Å². The van der Waals surface area contributed by atoms with Crippen LogP contribution < -0.4 is 4.90 Å². The van der Waals surface area contributed by atoms with E-state index in [-0.39, 0.29) is 11.7 Å². The molecule has 160 valence electrons. The van der Waals surface area contributed by atoms with Gasteiger partial charge in [0.1, 0.15) is 11.6 Å². The molecule has 3 heterocycles. The molecular formula is C23H29FN4O2. The third-order valence-corrected chi connectivity index (χ3v) is 5.88. The molecule has 7 heteroatoms. The number of anilines is 1. The average molecular weight is 413 g/mol. The van der Waals surface area contributed by atoms with Crippen molar-refractivity contribution in [2.45, 2.75) is 13.3 Å². The van der Waals surface area contributed by atoms with E-state index in [0.717, 1.165) is 67.5 Å². The first-order valence-corrected chi connectivity index (χ1v) is 10.6. The second-order valence-electron chi connectivity index (χ2n) is 8.10. The minimum Gasteiger partial charge on any atom is -0.378 e. The standard InChI is InChI=1S/C23H29FN4O2/c1-17-15-20(16-21(29)27-9-7-26(2)8-10-27)25-23(28-11-13-30-14-12-28)22(17)18-3-5-19(24)6-4-18/h3-6,15H,7-14,16H2,1-2H3. The number of likely N-dealkylation sites (N-methyl/N-ethyl adjacent to an activating group) is 1. The Kier molecular flexibility index (Phi) is 6.29. The van der Waals surface area contributed by atoms with Crippen molar-refractivity contribution in [1.29, 1.82) is 0 Å². The average Bonchev–Trinajstić information content (AvgIpc) is 2.75. The van der Waals surface area contributed by atoms with Crippen LogP contribution in [0.1, 0.15) is 11.3 Å². The third-order valence-electron chi connectivity index (χ3n) is 5.88. The van der Waals surface area contributed by atoms with E-state index in [4.69, 9.17) is 9.72 Å². The Morgan fingerprint density at radius 1 is 1.07 bits per heavy atom. The van der Waals surface area contributed by atoms with Crippen LogP contribution in [-0.4, -0.2) is 80.2 Å². The Hall–Kier alpha value is -2.51. The number of hydrogen-bond acceptors (Lipinski definition) is 5. The lowest BCUT2D eigenvalue weighted by Crippen LogP contribution is -2.47. The molecule has 2 saturated heterocycles. The van der Waals surface area contributed by atoms with Crippen LogP contribution in [-0.2, 0) is 16.0 Å². The lowest BCUT2D eigenvalue weighted by atomic mass is 9.99. The van der Waals surface area contributed by atoms with Crippen LogP contribution in [0.2, 0.25) is 0 Å². The number of amides is 1. The molecule has 4 rings (SSSR count). The molecule has 2 aliphatic rings. The van der Waals surface area contributed by atoms with Crippen LogP contribution in [0, 0.1) is 12.7 Å². The number of aromatic nitrogens is 1. The fraction of sp³-hybridized carbons (Fsp3) is 0.478. The van der Waals surface area contributed by atoms with Gasteiger partial charge < -0.3 is 19.4 Å². The topological polar surface area (TPSA) is 48.9 Å².